The molecule has 0 amide bonds. The lowest BCUT2D eigenvalue weighted by atomic mass is 9.65. The van der Waals surface area contributed by atoms with Gasteiger partial charge in [-0.3, -0.25) is 0 Å². The summed E-state index contributed by atoms with van der Waals surface area (Å²) in [5.74, 6) is 0. The summed E-state index contributed by atoms with van der Waals surface area (Å²) in [6, 6.07) is 8.41. The Morgan fingerprint density at radius 3 is 2.73 bits per heavy atom. The summed E-state index contributed by atoms with van der Waals surface area (Å²) in [6.07, 6.45) is 3.45. The molecule has 2 heteroatoms. The zero-order valence-electron chi connectivity index (χ0n) is 9.20. The highest BCUT2D eigenvalue weighted by Gasteiger charge is 2.37. The van der Waals surface area contributed by atoms with E-state index in [1.807, 2.05) is 0 Å². The topological polar surface area (TPSA) is 29.5 Å². The standard InChI is InChI=1S/C13H18O2/c1-15-9-11-4-2-5-12(8-11)13(10-14)6-3-7-13/h2,4-5,8,14H,3,6-7,9-10H2,1H3. The van der Waals surface area contributed by atoms with Gasteiger partial charge in [0.15, 0.2) is 0 Å². The molecule has 82 valence electrons. The summed E-state index contributed by atoms with van der Waals surface area (Å²) in [5, 5.41) is 9.48. The Morgan fingerprint density at radius 2 is 2.20 bits per heavy atom. The van der Waals surface area contributed by atoms with Gasteiger partial charge in [-0.2, -0.15) is 0 Å². The maximum absolute atomic E-state index is 9.48. The normalized spacial score (nSPS) is 18.5. The average Bonchev–Trinajstić information content (AvgIpc) is 2.18. The van der Waals surface area contributed by atoms with Crippen molar-refractivity contribution in [1.29, 1.82) is 0 Å². The molecular formula is C13H18O2. The lowest BCUT2D eigenvalue weighted by Crippen LogP contribution is -2.37. The second-order valence-electron chi connectivity index (χ2n) is 4.43. The minimum absolute atomic E-state index is 0.0454. The highest BCUT2D eigenvalue weighted by molar-refractivity contribution is 5.32. The van der Waals surface area contributed by atoms with Gasteiger partial charge in [0.1, 0.15) is 0 Å². The minimum Gasteiger partial charge on any atom is -0.395 e. The van der Waals surface area contributed by atoms with Crippen LogP contribution in [0.2, 0.25) is 0 Å². The van der Waals surface area contributed by atoms with E-state index in [4.69, 9.17) is 4.74 Å². The van der Waals surface area contributed by atoms with E-state index in [1.54, 1.807) is 7.11 Å². The van der Waals surface area contributed by atoms with Crippen LogP contribution in [0.1, 0.15) is 30.4 Å². The summed E-state index contributed by atoms with van der Waals surface area (Å²) in [4.78, 5) is 0. The van der Waals surface area contributed by atoms with Crippen molar-refractivity contribution in [3.63, 3.8) is 0 Å². The van der Waals surface area contributed by atoms with Crippen LogP contribution in [0.15, 0.2) is 24.3 Å². The number of ether oxygens (including phenoxy) is 1. The van der Waals surface area contributed by atoms with Gasteiger partial charge in [-0.1, -0.05) is 30.7 Å². The molecule has 0 aromatic heterocycles. The molecule has 0 bridgehead atoms. The van der Waals surface area contributed by atoms with E-state index in [-0.39, 0.29) is 12.0 Å². The minimum atomic E-state index is 0.0454. The van der Waals surface area contributed by atoms with E-state index in [9.17, 15) is 5.11 Å². The van der Waals surface area contributed by atoms with Gasteiger partial charge in [0.2, 0.25) is 0 Å². The Morgan fingerprint density at radius 1 is 1.40 bits per heavy atom. The Hall–Kier alpha value is -0.860. The Labute approximate surface area is 90.9 Å². The molecule has 0 radical (unpaired) electrons. The number of hydrogen-bond donors (Lipinski definition) is 1. The van der Waals surface area contributed by atoms with Gasteiger partial charge in [-0.15, -0.1) is 0 Å². The Bertz CT molecular complexity index is 324. The predicted molar refractivity (Wildman–Crippen MR) is 59.8 cm³/mol. The summed E-state index contributed by atoms with van der Waals surface area (Å²) in [7, 11) is 1.71. The molecule has 1 aromatic carbocycles. The lowest BCUT2D eigenvalue weighted by Gasteiger charge is -2.41. The molecule has 1 fully saturated rings. The van der Waals surface area contributed by atoms with Crippen molar-refractivity contribution in [2.45, 2.75) is 31.3 Å². The first-order valence-corrected chi connectivity index (χ1v) is 5.50. The summed E-state index contributed by atoms with van der Waals surface area (Å²) in [5.41, 5.74) is 2.50. The van der Waals surface area contributed by atoms with Crippen molar-refractivity contribution in [2.24, 2.45) is 0 Å². The van der Waals surface area contributed by atoms with Gasteiger partial charge >= 0.3 is 0 Å². The number of aliphatic hydroxyl groups is 1. The van der Waals surface area contributed by atoms with Crippen LogP contribution in [-0.2, 0) is 16.8 Å². The van der Waals surface area contributed by atoms with Crippen LogP contribution in [0.3, 0.4) is 0 Å². The molecule has 1 aliphatic carbocycles. The van der Waals surface area contributed by atoms with Gasteiger partial charge < -0.3 is 9.84 Å². The quantitative estimate of drug-likeness (QED) is 0.818. The molecule has 1 saturated carbocycles. The van der Waals surface area contributed by atoms with Crippen LogP contribution in [0, 0.1) is 0 Å². The smallest absolute Gasteiger partial charge is 0.0713 e. The number of hydrogen-bond acceptors (Lipinski definition) is 2. The molecule has 15 heavy (non-hydrogen) atoms. The average molecular weight is 206 g/mol. The lowest BCUT2D eigenvalue weighted by molar-refractivity contribution is 0.120. The van der Waals surface area contributed by atoms with Crippen molar-refractivity contribution in [1.82, 2.24) is 0 Å². The van der Waals surface area contributed by atoms with Gasteiger partial charge in [0.25, 0.3) is 0 Å². The summed E-state index contributed by atoms with van der Waals surface area (Å²) in [6.45, 7) is 0.915. The highest BCUT2D eigenvalue weighted by Crippen LogP contribution is 2.43. The monoisotopic (exact) mass is 206 g/mol. The van der Waals surface area contributed by atoms with Crippen LogP contribution in [0.25, 0.3) is 0 Å². The number of benzene rings is 1. The van der Waals surface area contributed by atoms with Gasteiger partial charge in [-0.05, 0) is 24.0 Å². The molecule has 0 spiro atoms. The van der Waals surface area contributed by atoms with Crippen LogP contribution < -0.4 is 0 Å². The molecule has 0 saturated heterocycles. The summed E-state index contributed by atoms with van der Waals surface area (Å²) >= 11 is 0. The van der Waals surface area contributed by atoms with Crippen molar-refractivity contribution < 1.29 is 9.84 Å². The van der Waals surface area contributed by atoms with Gasteiger partial charge in [-0.25, -0.2) is 0 Å². The van der Waals surface area contributed by atoms with Gasteiger partial charge in [0, 0.05) is 12.5 Å². The third-order valence-corrected chi connectivity index (χ3v) is 3.46. The maximum Gasteiger partial charge on any atom is 0.0713 e. The van der Waals surface area contributed by atoms with Crippen molar-refractivity contribution in [3.05, 3.63) is 35.4 Å². The largest absolute Gasteiger partial charge is 0.395 e. The molecule has 1 aromatic rings. The molecule has 1 N–H and O–H groups in total. The Kier molecular flexibility index (Phi) is 3.08. The van der Waals surface area contributed by atoms with Crippen molar-refractivity contribution in [2.75, 3.05) is 13.7 Å². The summed E-state index contributed by atoms with van der Waals surface area (Å²) < 4.78 is 5.12. The van der Waals surface area contributed by atoms with E-state index in [0.717, 1.165) is 12.8 Å². The fourth-order valence-electron chi connectivity index (χ4n) is 2.30. The molecule has 0 atom stereocenters. The molecule has 0 heterocycles. The Balaban J connectivity index is 2.23. The fourth-order valence-corrected chi connectivity index (χ4v) is 2.30. The molecule has 1 aliphatic rings. The highest BCUT2D eigenvalue weighted by atomic mass is 16.5. The third kappa shape index (κ3) is 1.92. The van der Waals surface area contributed by atoms with E-state index >= 15 is 0 Å². The molecule has 0 unspecified atom stereocenters. The SMILES string of the molecule is COCc1cccc(C2(CO)CCC2)c1. The number of aliphatic hydroxyl groups excluding tert-OH is 1. The van der Waals surface area contributed by atoms with E-state index < -0.39 is 0 Å². The second-order valence-corrected chi connectivity index (χ2v) is 4.43. The first kappa shape index (κ1) is 10.7. The second kappa shape index (κ2) is 4.33. The fraction of sp³-hybridized carbons (Fsp3) is 0.538. The van der Waals surface area contributed by atoms with E-state index in [1.165, 1.54) is 17.5 Å². The number of rotatable bonds is 4. The molecule has 2 nitrogen and oxygen atoms in total. The van der Waals surface area contributed by atoms with Gasteiger partial charge in [0.05, 0.1) is 13.2 Å². The third-order valence-electron chi connectivity index (χ3n) is 3.46. The van der Waals surface area contributed by atoms with Crippen molar-refractivity contribution in [3.8, 4) is 0 Å². The van der Waals surface area contributed by atoms with Crippen LogP contribution in [0.4, 0.5) is 0 Å². The van der Waals surface area contributed by atoms with Crippen LogP contribution in [0.5, 0.6) is 0 Å². The first-order valence-electron chi connectivity index (χ1n) is 5.50. The molecule has 0 aliphatic heterocycles. The predicted octanol–water partition coefficient (Wildman–Crippen LogP) is 2.25. The van der Waals surface area contributed by atoms with E-state index in [2.05, 4.69) is 24.3 Å². The molecular weight excluding hydrogens is 188 g/mol. The first-order chi connectivity index (χ1) is 7.30. The van der Waals surface area contributed by atoms with Crippen LogP contribution in [-0.4, -0.2) is 18.8 Å². The zero-order chi connectivity index (χ0) is 10.7. The number of methoxy groups -OCH3 is 1. The maximum atomic E-state index is 9.48. The van der Waals surface area contributed by atoms with Crippen LogP contribution >= 0.6 is 0 Å². The van der Waals surface area contributed by atoms with Crippen molar-refractivity contribution >= 4 is 0 Å². The van der Waals surface area contributed by atoms with E-state index in [0.29, 0.717) is 6.61 Å². The molecule has 2 rings (SSSR count). The zero-order valence-corrected chi connectivity index (χ0v) is 9.20.